The van der Waals surface area contributed by atoms with E-state index in [0.717, 1.165) is 17.7 Å². The Morgan fingerprint density at radius 1 is 1.30 bits per heavy atom. The third-order valence-electron chi connectivity index (χ3n) is 11.0. The molecule has 9 heteroatoms. The van der Waals surface area contributed by atoms with Crippen LogP contribution in [0.2, 0.25) is 0 Å². The Morgan fingerprint density at radius 2 is 2.00 bits per heavy atom. The molecule has 1 aliphatic heterocycles. The van der Waals surface area contributed by atoms with Gasteiger partial charge in [-0.15, -0.1) is 6.58 Å². The monoisotopic (exact) mass is 513 g/mol. The van der Waals surface area contributed by atoms with E-state index in [1.807, 2.05) is 20.8 Å². The molecule has 1 amide bonds. The topological polar surface area (TPSA) is 107 Å². The number of hydrogen-bond donors (Lipinski definition) is 3. The van der Waals surface area contributed by atoms with Crippen molar-refractivity contribution in [3.63, 3.8) is 0 Å². The van der Waals surface area contributed by atoms with Gasteiger partial charge in [0.15, 0.2) is 0 Å². The van der Waals surface area contributed by atoms with Gasteiger partial charge in [-0.3, -0.25) is 9.69 Å². The minimum absolute atomic E-state index is 0.0255. The summed E-state index contributed by atoms with van der Waals surface area (Å²) in [5.74, 6) is -1.30. The zero-order valence-electron chi connectivity index (χ0n) is 22.0. The highest BCUT2D eigenvalue weighted by molar-refractivity contribution is 6.61. The number of carbonyl (C=O) groups excluding carboxylic acids is 1. The van der Waals surface area contributed by atoms with E-state index in [-0.39, 0.29) is 36.3 Å². The van der Waals surface area contributed by atoms with Crippen molar-refractivity contribution in [2.75, 3.05) is 4.90 Å². The Kier molecular flexibility index (Phi) is 6.17. The Morgan fingerprint density at radius 3 is 2.65 bits per heavy atom. The average Bonchev–Trinajstić information content (AvgIpc) is 3.39. The molecule has 2 bridgehead atoms. The van der Waals surface area contributed by atoms with E-state index >= 15 is 4.39 Å². The summed E-state index contributed by atoms with van der Waals surface area (Å²) in [4.78, 5) is 27.8. The van der Waals surface area contributed by atoms with Gasteiger partial charge in [0, 0.05) is 29.2 Å². The predicted octanol–water partition coefficient (Wildman–Crippen LogP) is 3.89. The lowest BCUT2D eigenvalue weighted by molar-refractivity contribution is -0.163. The number of halogens is 1. The number of rotatable bonds is 3. The van der Waals surface area contributed by atoms with E-state index in [1.54, 1.807) is 6.08 Å². The molecule has 3 fully saturated rings. The molecule has 200 valence electrons. The van der Waals surface area contributed by atoms with E-state index in [2.05, 4.69) is 13.5 Å². The summed E-state index contributed by atoms with van der Waals surface area (Å²) in [7, 11) is -1.27. The number of nitrogens with zero attached hydrogens (tertiary/aromatic N) is 1. The largest absolute Gasteiger partial charge is 0.491 e. The summed E-state index contributed by atoms with van der Waals surface area (Å²) >= 11 is 0. The smallest absolute Gasteiger partial charge is 0.465 e. The summed E-state index contributed by atoms with van der Waals surface area (Å²) in [6.45, 7) is 12.0. The predicted molar refractivity (Wildman–Crippen MR) is 138 cm³/mol. The molecule has 0 spiro atoms. The number of aliphatic hydroxyl groups excluding tert-OH is 1. The first-order valence-corrected chi connectivity index (χ1v) is 13.3. The molecule has 4 aliphatic rings. The number of hydrogen-bond acceptors (Lipinski definition) is 5. The summed E-state index contributed by atoms with van der Waals surface area (Å²) in [5.41, 5.74) is -1.53. The molecule has 1 aromatic carbocycles. The van der Waals surface area contributed by atoms with Crippen molar-refractivity contribution in [1.29, 1.82) is 0 Å². The van der Waals surface area contributed by atoms with Gasteiger partial charge >= 0.3 is 13.2 Å². The Bertz CT molecular complexity index is 1160. The van der Waals surface area contributed by atoms with Crippen molar-refractivity contribution in [2.24, 2.45) is 34.0 Å². The average molecular weight is 513 g/mol. The van der Waals surface area contributed by atoms with Crippen LogP contribution >= 0.6 is 0 Å². The number of carbonyl (C=O) groups is 2. The van der Waals surface area contributed by atoms with Crippen LogP contribution in [-0.4, -0.2) is 46.4 Å². The van der Waals surface area contributed by atoms with Gasteiger partial charge in [0.1, 0.15) is 11.6 Å². The lowest BCUT2D eigenvalue weighted by atomic mass is 9.43. The summed E-state index contributed by atoms with van der Waals surface area (Å²) in [6, 6.07) is 1.75. The molecule has 1 aromatic rings. The molecule has 8 atom stereocenters. The third-order valence-corrected chi connectivity index (χ3v) is 11.0. The van der Waals surface area contributed by atoms with Crippen molar-refractivity contribution >= 4 is 30.1 Å². The Labute approximate surface area is 217 Å². The molecular weight excluding hydrogens is 476 g/mol. The van der Waals surface area contributed by atoms with Crippen LogP contribution in [-0.2, 0) is 16.1 Å². The van der Waals surface area contributed by atoms with Gasteiger partial charge < -0.3 is 19.9 Å². The standard InChI is InChI=1S/C28H37BFNO6/c1-6-26(4)13-22(31(25(34)35)20-12-18-17(11-19(20)30)14-37-29(18)36)27(5)15(2)7-9-28(16(3)24(26)33)10-8-21(32)23(27)28/h6,11-12,15-16,22-24,33,36H,1,7-10,13-14H2,2-5H3,(H,34,35)/t15-,16+,22-,23+,24+,26-,27+,28+/m1/s1. The molecule has 7 nitrogen and oxygen atoms in total. The van der Waals surface area contributed by atoms with Crippen molar-refractivity contribution in [2.45, 2.75) is 78.6 Å². The van der Waals surface area contributed by atoms with Gasteiger partial charge in [-0.25, -0.2) is 9.18 Å². The van der Waals surface area contributed by atoms with Crippen LogP contribution in [0.25, 0.3) is 0 Å². The molecule has 0 aromatic heterocycles. The second-order valence-corrected chi connectivity index (χ2v) is 12.4. The van der Waals surface area contributed by atoms with Crippen molar-refractivity contribution < 1.29 is 33.9 Å². The maximum Gasteiger partial charge on any atom is 0.491 e. The van der Waals surface area contributed by atoms with E-state index in [1.165, 1.54) is 12.1 Å². The Hall–Kier alpha value is -2.23. The van der Waals surface area contributed by atoms with Crippen LogP contribution in [0.15, 0.2) is 24.8 Å². The van der Waals surface area contributed by atoms with Crippen molar-refractivity contribution in [3.8, 4) is 0 Å². The second kappa shape index (κ2) is 8.65. The van der Waals surface area contributed by atoms with E-state index in [4.69, 9.17) is 4.65 Å². The van der Waals surface area contributed by atoms with Gasteiger partial charge in [0.05, 0.1) is 18.4 Å². The molecule has 0 saturated heterocycles. The maximum absolute atomic E-state index is 15.6. The molecule has 37 heavy (non-hydrogen) atoms. The molecule has 5 rings (SSSR count). The van der Waals surface area contributed by atoms with Crippen LogP contribution in [0, 0.1) is 39.8 Å². The fraction of sp³-hybridized carbons (Fsp3) is 0.643. The van der Waals surface area contributed by atoms with Gasteiger partial charge in [-0.1, -0.05) is 33.8 Å². The summed E-state index contributed by atoms with van der Waals surface area (Å²) in [6.07, 6.45) is 2.27. The SMILES string of the molecule is C=C[C@]1(C)C[C@@H](N(C(=O)O)c2cc3c(cc2F)COB3O)[C@]2(C)[C@H](C)CC[C@]3(CCC(=O)[C@H]32)[C@@H](C)[C@@H]1O. The minimum atomic E-state index is -1.35. The molecular formula is C28H37BFNO6. The molecule has 0 radical (unpaired) electrons. The van der Waals surface area contributed by atoms with Gasteiger partial charge in [-0.2, -0.15) is 0 Å². The quantitative estimate of drug-likeness (QED) is 0.418. The number of fused-ring (bicyclic) bond motifs is 1. The van der Waals surface area contributed by atoms with E-state index < -0.39 is 53.3 Å². The van der Waals surface area contributed by atoms with Crippen LogP contribution in [0.1, 0.15) is 65.4 Å². The number of benzene rings is 1. The first-order valence-electron chi connectivity index (χ1n) is 13.3. The van der Waals surface area contributed by atoms with Gasteiger partial charge in [0.25, 0.3) is 0 Å². The summed E-state index contributed by atoms with van der Waals surface area (Å²) < 4.78 is 20.9. The zero-order chi connectivity index (χ0) is 27.1. The fourth-order valence-electron chi connectivity index (χ4n) is 8.56. The highest BCUT2D eigenvalue weighted by Crippen LogP contribution is 2.68. The molecule has 1 heterocycles. The van der Waals surface area contributed by atoms with Crippen LogP contribution in [0.5, 0.6) is 0 Å². The number of anilines is 1. The molecule has 0 unspecified atom stereocenters. The number of amides is 1. The Balaban J connectivity index is 1.77. The molecule has 3 N–H and O–H groups in total. The number of Topliss-reactive ketones (excluding diaryl/α,β-unsaturated/α-hetero) is 1. The molecule has 3 aliphatic carbocycles. The maximum atomic E-state index is 15.6. The van der Waals surface area contributed by atoms with Gasteiger partial charge in [0.2, 0.25) is 0 Å². The summed E-state index contributed by atoms with van der Waals surface area (Å²) in [5, 5.41) is 32.7. The highest BCUT2D eigenvalue weighted by atomic mass is 19.1. The van der Waals surface area contributed by atoms with Crippen LogP contribution in [0.4, 0.5) is 14.9 Å². The molecule has 3 saturated carbocycles. The lowest BCUT2D eigenvalue weighted by Crippen LogP contribution is -2.66. The fourth-order valence-corrected chi connectivity index (χ4v) is 8.56. The first kappa shape index (κ1) is 26.4. The second-order valence-electron chi connectivity index (χ2n) is 12.4. The number of aliphatic hydroxyl groups is 1. The van der Waals surface area contributed by atoms with Gasteiger partial charge in [-0.05, 0) is 66.1 Å². The van der Waals surface area contributed by atoms with Crippen molar-refractivity contribution in [1.82, 2.24) is 0 Å². The van der Waals surface area contributed by atoms with E-state index in [0.29, 0.717) is 23.9 Å². The number of carboxylic acid groups (broad SMARTS) is 1. The zero-order valence-corrected chi connectivity index (χ0v) is 22.0. The highest BCUT2D eigenvalue weighted by Gasteiger charge is 2.68. The number of ketones is 1. The minimum Gasteiger partial charge on any atom is -0.465 e. The van der Waals surface area contributed by atoms with E-state index in [9.17, 15) is 24.8 Å². The third kappa shape index (κ3) is 3.50. The van der Waals surface area contributed by atoms with Crippen molar-refractivity contribution in [3.05, 3.63) is 36.2 Å². The first-order chi connectivity index (χ1) is 17.3. The normalized spacial score (nSPS) is 41.0. The van der Waals surface area contributed by atoms with Crippen LogP contribution < -0.4 is 10.4 Å². The lowest BCUT2D eigenvalue weighted by Gasteiger charge is -2.63. The van der Waals surface area contributed by atoms with Crippen LogP contribution in [0.3, 0.4) is 0 Å².